The van der Waals surface area contributed by atoms with Gasteiger partial charge in [-0.1, -0.05) is 44.2 Å². The average molecular weight is 419 g/mol. The second-order valence-corrected chi connectivity index (χ2v) is 8.96. The Balaban J connectivity index is 1.57. The van der Waals surface area contributed by atoms with Gasteiger partial charge in [-0.15, -0.1) is 0 Å². The highest BCUT2D eigenvalue weighted by Crippen LogP contribution is 2.33. The molecule has 3 aromatic rings. The zero-order valence-corrected chi connectivity index (χ0v) is 19.0. The number of aromatic nitrogens is 2. The minimum Gasteiger partial charge on any atom is -0.343 e. The maximum Gasteiger partial charge on any atom is 0.222 e. The van der Waals surface area contributed by atoms with Crippen molar-refractivity contribution < 1.29 is 4.79 Å². The SMILES string of the molecule is CCC(=O)N1CCCC(c2[nH]c3ncccc3c2CN(C)CC(C)c2ccccc2)C1. The highest BCUT2D eigenvalue weighted by Gasteiger charge is 2.28. The van der Waals surface area contributed by atoms with E-state index in [2.05, 4.69) is 65.2 Å². The summed E-state index contributed by atoms with van der Waals surface area (Å²) in [4.78, 5) is 25.0. The minimum absolute atomic E-state index is 0.259. The molecule has 164 valence electrons. The van der Waals surface area contributed by atoms with E-state index in [0.717, 1.165) is 44.7 Å². The standard InChI is InChI=1S/C26H34N4O/c1-4-24(31)30-15-9-12-21(17-30)25-23(22-13-8-14-27-26(22)28-25)18-29(3)16-19(2)20-10-6-5-7-11-20/h5-8,10-11,13-14,19,21H,4,9,12,15-18H2,1-3H3,(H,27,28). The van der Waals surface area contributed by atoms with E-state index in [4.69, 9.17) is 0 Å². The molecule has 5 nitrogen and oxygen atoms in total. The number of nitrogens with one attached hydrogen (secondary N) is 1. The van der Waals surface area contributed by atoms with E-state index in [1.165, 1.54) is 22.2 Å². The predicted molar refractivity (Wildman–Crippen MR) is 126 cm³/mol. The molecule has 0 saturated carbocycles. The first-order valence-electron chi connectivity index (χ1n) is 11.5. The largest absolute Gasteiger partial charge is 0.343 e. The third kappa shape index (κ3) is 4.82. The molecule has 2 aromatic heterocycles. The van der Waals surface area contributed by atoms with Gasteiger partial charge in [-0.3, -0.25) is 4.79 Å². The van der Waals surface area contributed by atoms with Gasteiger partial charge in [-0.05, 0) is 49.1 Å². The van der Waals surface area contributed by atoms with Crippen LogP contribution in [-0.2, 0) is 11.3 Å². The fourth-order valence-corrected chi connectivity index (χ4v) is 4.97. The lowest BCUT2D eigenvalue weighted by Gasteiger charge is -2.33. The van der Waals surface area contributed by atoms with Crippen LogP contribution in [0.4, 0.5) is 0 Å². The van der Waals surface area contributed by atoms with Gasteiger partial charge in [0.15, 0.2) is 0 Å². The van der Waals surface area contributed by atoms with Crippen molar-refractivity contribution in [2.75, 3.05) is 26.7 Å². The van der Waals surface area contributed by atoms with Crippen LogP contribution in [0.5, 0.6) is 0 Å². The molecular weight excluding hydrogens is 384 g/mol. The third-order valence-corrected chi connectivity index (χ3v) is 6.58. The maximum atomic E-state index is 12.3. The molecule has 1 saturated heterocycles. The number of aromatic amines is 1. The molecule has 1 aliphatic rings. The normalized spacial score (nSPS) is 17.9. The summed E-state index contributed by atoms with van der Waals surface area (Å²) in [6.45, 7) is 7.78. The Kier molecular flexibility index (Phi) is 6.71. The van der Waals surface area contributed by atoms with Crippen LogP contribution in [0.1, 0.15) is 61.8 Å². The summed E-state index contributed by atoms with van der Waals surface area (Å²) in [5, 5.41) is 1.20. The number of carbonyl (C=O) groups is 1. The smallest absolute Gasteiger partial charge is 0.222 e. The van der Waals surface area contributed by atoms with Crippen LogP contribution in [0.15, 0.2) is 48.7 Å². The number of likely N-dealkylation sites (N-methyl/N-ethyl adjacent to an activating group) is 1. The summed E-state index contributed by atoms with van der Waals surface area (Å²) in [6, 6.07) is 14.9. The monoisotopic (exact) mass is 418 g/mol. The van der Waals surface area contributed by atoms with Crippen LogP contribution in [0.2, 0.25) is 0 Å². The lowest BCUT2D eigenvalue weighted by molar-refractivity contribution is -0.132. The van der Waals surface area contributed by atoms with Gasteiger partial charge in [0.1, 0.15) is 5.65 Å². The number of benzene rings is 1. The highest BCUT2D eigenvalue weighted by molar-refractivity contribution is 5.81. The molecular formula is C26H34N4O. The number of nitrogens with zero attached hydrogens (tertiary/aromatic N) is 3. The van der Waals surface area contributed by atoms with Crippen LogP contribution in [0, 0.1) is 0 Å². The van der Waals surface area contributed by atoms with E-state index >= 15 is 0 Å². The summed E-state index contributed by atoms with van der Waals surface area (Å²) in [6.07, 6.45) is 4.59. The molecule has 1 aliphatic heterocycles. The minimum atomic E-state index is 0.259. The zero-order valence-electron chi connectivity index (χ0n) is 19.0. The van der Waals surface area contributed by atoms with Crippen LogP contribution in [0.3, 0.4) is 0 Å². The first-order valence-corrected chi connectivity index (χ1v) is 11.5. The average Bonchev–Trinajstić information content (AvgIpc) is 3.17. The maximum absolute atomic E-state index is 12.3. The second kappa shape index (κ2) is 9.65. The number of pyridine rings is 1. The molecule has 2 atom stereocenters. The van der Waals surface area contributed by atoms with Gasteiger partial charge in [0.05, 0.1) is 0 Å². The van der Waals surface area contributed by atoms with E-state index in [1.54, 1.807) is 0 Å². The number of hydrogen-bond donors (Lipinski definition) is 1. The molecule has 0 aliphatic carbocycles. The Labute approximate surface area is 185 Å². The number of likely N-dealkylation sites (tertiary alicyclic amines) is 1. The van der Waals surface area contributed by atoms with Crippen LogP contribution < -0.4 is 0 Å². The van der Waals surface area contributed by atoms with E-state index in [1.807, 2.05) is 24.1 Å². The highest BCUT2D eigenvalue weighted by atomic mass is 16.2. The van der Waals surface area contributed by atoms with Gasteiger partial charge in [0.25, 0.3) is 0 Å². The van der Waals surface area contributed by atoms with Crippen molar-refractivity contribution in [3.8, 4) is 0 Å². The number of carbonyl (C=O) groups excluding carboxylic acids is 1. The molecule has 2 unspecified atom stereocenters. The summed E-state index contributed by atoms with van der Waals surface area (Å²) in [5.74, 6) is 1.06. The molecule has 1 aromatic carbocycles. The van der Waals surface area contributed by atoms with Gasteiger partial charge < -0.3 is 14.8 Å². The predicted octanol–water partition coefficient (Wildman–Crippen LogP) is 4.91. The molecule has 5 heteroatoms. The van der Waals surface area contributed by atoms with Crippen molar-refractivity contribution in [2.45, 2.75) is 51.5 Å². The number of H-pyrrole nitrogens is 1. The van der Waals surface area contributed by atoms with E-state index in [-0.39, 0.29) is 5.91 Å². The summed E-state index contributed by atoms with van der Waals surface area (Å²) < 4.78 is 0. The Morgan fingerprint density at radius 2 is 2.06 bits per heavy atom. The Hall–Kier alpha value is -2.66. The summed E-state index contributed by atoms with van der Waals surface area (Å²) >= 11 is 0. The zero-order chi connectivity index (χ0) is 21.8. The molecule has 1 fully saturated rings. The number of rotatable bonds is 7. The summed E-state index contributed by atoms with van der Waals surface area (Å²) in [7, 11) is 2.20. The number of piperidine rings is 1. The molecule has 0 bridgehead atoms. The molecule has 1 amide bonds. The Bertz CT molecular complexity index is 1010. The molecule has 0 radical (unpaired) electrons. The molecule has 4 rings (SSSR count). The lowest BCUT2D eigenvalue weighted by atomic mass is 9.91. The topological polar surface area (TPSA) is 52.2 Å². The lowest BCUT2D eigenvalue weighted by Crippen LogP contribution is -2.39. The van der Waals surface area contributed by atoms with Gasteiger partial charge >= 0.3 is 0 Å². The number of hydrogen-bond acceptors (Lipinski definition) is 3. The van der Waals surface area contributed by atoms with Crippen LogP contribution >= 0.6 is 0 Å². The van der Waals surface area contributed by atoms with Gasteiger partial charge in [0, 0.05) is 55.8 Å². The van der Waals surface area contributed by atoms with E-state index < -0.39 is 0 Å². The summed E-state index contributed by atoms with van der Waals surface area (Å²) in [5.41, 5.74) is 4.93. The van der Waals surface area contributed by atoms with Crippen molar-refractivity contribution in [1.29, 1.82) is 0 Å². The van der Waals surface area contributed by atoms with Crippen molar-refractivity contribution >= 4 is 16.9 Å². The van der Waals surface area contributed by atoms with Crippen LogP contribution in [-0.4, -0.2) is 52.4 Å². The fraction of sp³-hybridized carbons (Fsp3) is 0.462. The first kappa shape index (κ1) is 21.6. The molecule has 3 heterocycles. The van der Waals surface area contributed by atoms with Crippen molar-refractivity contribution in [1.82, 2.24) is 19.8 Å². The molecule has 1 N–H and O–H groups in total. The van der Waals surface area contributed by atoms with Gasteiger partial charge in [-0.2, -0.15) is 0 Å². The van der Waals surface area contributed by atoms with E-state index in [9.17, 15) is 4.79 Å². The molecule has 31 heavy (non-hydrogen) atoms. The quantitative estimate of drug-likeness (QED) is 0.593. The first-order chi connectivity index (χ1) is 15.1. The molecule has 0 spiro atoms. The van der Waals surface area contributed by atoms with E-state index in [0.29, 0.717) is 18.3 Å². The van der Waals surface area contributed by atoms with Gasteiger partial charge in [-0.25, -0.2) is 4.98 Å². The van der Waals surface area contributed by atoms with Crippen molar-refractivity contribution in [3.63, 3.8) is 0 Å². The van der Waals surface area contributed by atoms with Crippen molar-refractivity contribution in [2.24, 2.45) is 0 Å². The number of amides is 1. The van der Waals surface area contributed by atoms with Crippen molar-refractivity contribution in [3.05, 3.63) is 65.5 Å². The van der Waals surface area contributed by atoms with Crippen LogP contribution in [0.25, 0.3) is 11.0 Å². The second-order valence-electron chi connectivity index (χ2n) is 8.96. The number of fused-ring (bicyclic) bond motifs is 1. The fourth-order valence-electron chi connectivity index (χ4n) is 4.97. The third-order valence-electron chi connectivity index (χ3n) is 6.58. The Morgan fingerprint density at radius 3 is 2.84 bits per heavy atom. The Morgan fingerprint density at radius 1 is 1.26 bits per heavy atom. The van der Waals surface area contributed by atoms with Gasteiger partial charge in [0.2, 0.25) is 5.91 Å².